The fourth-order valence-electron chi connectivity index (χ4n) is 2.43. The Morgan fingerprint density at radius 2 is 1.89 bits per heavy atom. The van der Waals surface area contributed by atoms with Crippen LogP contribution in [0.2, 0.25) is 5.02 Å². The monoisotopic (exact) mass is 407 g/mol. The van der Waals surface area contributed by atoms with E-state index in [1.807, 2.05) is 0 Å². The first-order valence-electron chi connectivity index (χ1n) is 8.00. The Kier molecular flexibility index (Phi) is 4.94. The first-order chi connectivity index (χ1) is 12.6. The van der Waals surface area contributed by atoms with Crippen LogP contribution in [0, 0.1) is 0 Å². The van der Waals surface area contributed by atoms with E-state index >= 15 is 0 Å². The molecule has 0 saturated carbocycles. The zero-order valence-corrected chi connectivity index (χ0v) is 16.5. The highest BCUT2D eigenvalue weighted by molar-refractivity contribution is 7.89. The van der Waals surface area contributed by atoms with Gasteiger partial charge in [0.15, 0.2) is 5.65 Å². The molecule has 142 valence electrons. The number of carbonyl (C=O) groups is 1. The maximum atomic E-state index is 12.6. The number of amides is 1. The van der Waals surface area contributed by atoms with E-state index < -0.39 is 21.5 Å². The number of sulfonamides is 1. The molecule has 0 aliphatic carbocycles. The summed E-state index contributed by atoms with van der Waals surface area (Å²) in [5, 5.41) is 6.82. The molecule has 1 amide bonds. The summed E-state index contributed by atoms with van der Waals surface area (Å²) in [5.41, 5.74) is 0.0238. The lowest BCUT2D eigenvalue weighted by Crippen LogP contribution is -2.40. The molecule has 27 heavy (non-hydrogen) atoms. The average Bonchev–Trinajstić information content (AvgIpc) is 3.02. The van der Waals surface area contributed by atoms with Crippen molar-refractivity contribution in [1.82, 2.24) is 19.3 Å². The van der Waals surface area contributed by atoms with Crippen molar-refractivity contribution in [3.63, 3.8) is 0 Å². The lowest BCUT2D eigenvalue weighted by Gasteiger charge is -2.21. The SMILES string of the molecule is CC(C)(C)NS(=O)(=O)c1cc(C(=O)Nc2ccnc3ccnn23)ccc1Cl. The van der Waals surface area contributed by atoms with Gasteiger partial charge in [0.25, 0.3) is 5.91 Å². The summed E-state index contributed by atoms with van der Waals surface area (Å²) >= 11 is 6.06. The van der Waals surface area contributed by atoms with Gasteiger partial charge >= 0.3 is 0 Å². The minimum atomic E-state index is -3.89. The van der Waals surface area contributed by atoms with Gasteiger partial charge in [-0.25, -0.2) is 18.1 Å². The van der Waals surface area contributed by atoms with Gasteiger partial charge in [-0.2, -0.15) is 9.61 Å². The number of carbonyl (C=O) groups excluding carboxylic acids is 1. The average molecular weight is 408 g/mol. The standard InChI is InChI=1S/C17H18ClN5O3S/c1-17(2,3)22-27(25,26)13-10-11(4-5-12(13)18)16(24)21-15-6-8-19-14-7-9-20-23(14)15/h4-10,22H,1-3H3,(H,21,24). The molecule has 0 spiro atoms. The first-order valence-corrected chi connectivity index (χ1v) is 9.87. The molecule has 0 aliphatic heterocycles. The molecule has 0 radical (unpaired) electrons. The van der Waals surface area contributed by atoms with Crippen LogP contribution in [-0.4, -0.2) is 34.5 Å². The van der Waals surface area contributed by atoms with Crippen LogP contribution in [0.25, 0.3) is 5.65 Å². The summed E-state index contributed by atoms with van der Waals surface area (Å²) in [6.07, 6.45) is 3.10. The Labute approximate surface area is 161 Å². The second-order valence-electron chi connectivity index (χ2n) is 6.89. The third kappa shape index (κ3) is 4.26. The number of benzene rings is 1. The van der Waals surface area contributed by atoms with Gasteiger partial charge in [-0.3, -0.25) is 4.79 Å². The third-order valence-corrected chi connectivity index (χ3v) is 5.69. The van der Waals surface area contributed by atoms with Gasteiger partial charge in [0.1, 0.15) is 10.7 Å². The van der Waals surface area contributed by atoms with Gasteiger partial charge < -0.3 is 5.32 Å². The van der Waals surface area contributed by atoms with Crippen LogP contribution in [0.4, 0.5) is 5.82 Å². The van der Waals surface area contributed by atoms with Crippen molar-refractivity contribution in [3.8, 4) is 0 Å². The van der Waals surface area contributed by atoms with Crippen LogP contribution in [0.1, 0.15) is 31.1 Å². The van der Waals surface area contributed by atoms with Gasteiger partial charge in [0, 0.05) is 23.4 Å². The van der Waals surface area contributed by atoms with Crippen molar-refractivity contribution in [2.75, 3.05) is 5.32 Å². The second kappa shape index (κ2) is 6.91. The number of anilines is 1. The highest BCUT2D eigenvalue weighted by Gasteiger charge is 2.25. The van der Waals surface area contributed by atoms with Crippen molar-refractivity contribution in [1.29, 1.82) is 0 Å². The van der Waals surface area contributed by atoms with E-state index in [-0.39, 0.29) is 15.5 Å². The molecule has 8 nitrogen and oxygen atoms in total. The number of nitrogens with zero attached hydrogens (tertiary/aromatic N) is 3. The molecular formula is C17H18ClN5O3S. The number of nitrogens with one attached hydrogen (secondary N) is 2. The predicted molar refractivity (Wildman–Crippen MR) is 102 cm³/mol. The van der Waals surface area contributed by atoms with Gasteiger partial charge in [-0.05, 0) is 45.0 Å². The third-order valence-electron chi connectivity index (χ3n) is 3.46. The summed E-state index contributed by atoms with van der Waals surface area (Å²) in [6.45, 7) is 5.15. The van der Waals surface area contributed by atoms with E-state index in [9.17, 15) is 13.2 Å². The molecule has 3 rings (SSSR count). The topological polar surface area (TPSA) is 105 Å². The molecule has 2 N–H and O–H groups in total. The number of rotatable bonds is 4. The van der Waals surface area contributed by atoms with Crippen LogP contribution in [0.3, 0.4) is 0 Å². The zero-order chi connectivity index (χ0) is 19.8. The lowest BCUT2D eigenvalue weighted by molar-refractivity contribution is 0.102. The van der Waals surface area contributed by atoms with E-state index in [2.05, 4.69) is 20.1 Å². The normalized spacial score (nSPS) is 12.3. The Balaban J connectivity index is 1.94. The molecule has 0 aliphatic rings. The quantitative estimate of drug-likeness (QED) is 0.691. The smallest absolute Gasteiger partial charge is 0.256 e. The minimum absolute atomic E-state index is 0.0293. The molecule has 2 heterocycles. The number of hydrogen-bond donors (Lipinski definition) is 2. The van der Waals surface area contributed by atoms with Crippen LogP contribution in [0.15, 0.2) is 47.6 Å². The number of halogens is 1. The van der Waals surface area contributed by atoms with E-state index in [1.54, 1.807) is 39.1 Å². The number of fused-ring (bicyclic) bond motifs is 1. The van der Waals surface area contributed by atoms with E-state index in [1.165, 1.54) is 28.9 Å². The Bertz CT molecular complexity index is 1120. The zero-order valence-electron chi connectivity index (χ0n) is 14.9. The van der Waals surface area contributed by atoms with Crippen LogP contribution < -0.4 is 10.0 Å². The molecule has 10 heteroatoms. The van der Waals surface area contributed by atoms with Crippen molar-refractivity contribution in [2.24, 2.45) is 0 Å². The van der Waals surface area contributed by atoms with E-state index in [4.69, 9.17) is 11.6 Å². The summed E-state index contributed by atoms with van der Waals surface area (Å²) in [6, 6.07) is 7.36. The molecular weight excluding hydrogens is 390 g/mol. The van der Waals surface area contributed by atoms with Gasteiger partial charge in [-0.15, -0.1) is 0 Å². The maximum Gasteiger partial charge on any atom is 0.256 e. The maximum absolute atomic E-state index is 12.6. The van der Waals surface area contributed by atoms with E-state index in [0.29, 0.717) is 11.5 Å². The fraction of sp³-hybridized carbons (Fsp3) is 0.235. The van der Waals surface area contributed by atoms with Crippen LogP contribution >= 0.6 is 11.6 Å². The Hall–Kier alpha value is -2.49. The van der Waals surface area contributed by atoms with Gasteiger partial charge in [-0.1, -0.05) is 11.6 Å². The number of aromatic nitrogens is 3. The second-order valence-corrected chi connectivity index (χ2v) is 8.94. The largest absolute Gasteiger partial charge is 0.306 e. The highest BCUT2D eigenvalue weighted by atomic mass is 35.5. The summed E-state index contributed by atoms with van der Waals surface area (Å²) < 4.78 is 29.2. The van der Waals surface area contributed by atoms with Crippen molar-refractivity contribution in [3.05, 3.63) is 53.3 Å². The Morgan fingerprint density at radius 3 is 2.59 bits per heavy atom. The summed E-state index contributed by atoms with van der Waals surface area (Å²) in [4.78, 5) is 16.6. The predicted octanol–water partition coefficient (Wildman–Crippen LogP) is 2.71. The molecule has 0 saturated heterocycles. The molecule has 0 unspecified atom stereocenters. The van der Waals surface area contributed by atoms with E-state index in [0.717, 1.165) is 0 Å². The molecule has 0 bridgehead atoms. The van der Waals surface area contributed by atoms with Crippen molar-refractivity contribution >= 4 is 39.0 Å². The fourth-order valence-corrected chi connectivity index (χ4v) is 4.37. The van der Waals surface area contributed by atoms with Crippen LogP contribution in [0.5, 0.6) is 0 Å². The summed E-state index contributed by atoms with van der Waals surface area (Å²) in [5.74, 6) is -0.0935. The molecule has 0 fully saturated rings. The highest BCUT2D eigenvalue weighted by Crippen LogP contribution is 2.24. The molecule has 3 aromatic rings. The molecule has 2 aromatic heterocycles. The van der Waals surface area contributed by atoms with Gasteiger partial charge in [0.05, 0.1) is 11.2 Å². The molecule has 1 aromatic carbocycles. The lowest BCUT2D eigenvalue weighted by atomic mass is 10.1. The van der Waals surface area contributed by atoms with Crippen LogP contribution in [-0.2, 0) is 10.0 Å². The first kappa shape index (κ1) is 19.3. The molecule has 0 atom stereocenters. The minimum Gasteiger partial charge on any atom is -0.306 e. The Morgan fingerprint density at radius 1 is 1.15 bits per heavy atom. The van der Waals surface area contributed by atoms with Crippen molar-refractivity contribution in [2.45, 2.75) is 31.2 Å². The van der Waals surface area contributed by atoms with Crippen molar-refractivity contribution < 1.29 is 13.2 Å². The number of hydrogen-bond acceptors (Lipinski definition) is 5. The summed E-state index contributed by atoms with van der Waals surface area (Å²) in [7, 11) is -3.89. The van der Waals surface area contributed by atoms with Gasteiger partial charge in [0.2, 0.25) is 10.0 Å².